The highest BCUT2D eigenvalue weighted by molar-refractivity contribution is 5.91. The van der Waals surface area contributed by atoms with Crippen molar-refractivity contribution in [3.05, 3.63) is 24.5 Å². The van der Waals surface area contributed by atoms with Crippen molar-refractivity contribution in [1.29, 1.82) is 0 Å². The Balaban J connectivity index is 1.65. The number of ether oxygens (including phenoxy) is 1. The molecule has 1 atom stereocenters. The van der Waals surface area contributed by atoms with E-state index < -0.39 is 0 Å². The lowest BCUT2D eigenvalue weighted by Gasteiger charge is -2.22. The van der Waals surface area contributed by atoms with Crippen molar-refractivity contribution < 1.29 is 14.3 Å². The van der Waals surface area contributed by atoms with Gasteiger partial charge in [-0.15, -0.1) is 0 Å². The van der Waals surface area contributed by atoms with Gasteiger partial charge in [0.15, 0.2) is 0 Å². The molecule has 0 radical (unpaired) electrons. The molecule has 1 unspecified atom stereocenters. The summed E-state index contributed by atoms with van der Waals surface area (Å²) in [5, 5.41) is 8.49. The number of carbonyl (C=O) groups is 2. The fourth-order valence-electron chi connectivity index (χ4n) is 1.81. The van der Waals surface area contributed by atoms with E-state index in [1.165, 1.54) is 0 Å². The summed E-state index contributed by atoms with van der Waals surface area (Å²) in [7, 11) is 0. The Hall–Kier alpha value is -1.99. The summed E-state index contributed by atoms with van der Waals surface area (Å²) in [5.74, 6) is -0.286. The first-order valence-corrected chi connectivity index (χ1v) is 6.54. The predicted molar refractivity (Wildman–Crippen MR) is 73.1 cm³/mol. The first-order chi connectivity index (χ1) is 9.75. The quantitative estimate of drug-likeness (QED) is 0.676. The molecule has 1 aliphatic heterocycles. The van der Waals surface area contributed by atoms with E-state index in [1.54, 1.807) is 24.5 Å². The third-order valence-corrected chi connectivity index (χ3v) is 2.85. The summed E-state index contributed by atoms with van der Waals surface area (Å²) in [6.45, 7) is 1.96. The van der Waals surface area contributed by atoms with Crippen LogP contribution in [0.1, 0.15) is 6.42 Å². The first-order valence-electron chi connectivity index (χ1n) is 6.54. The molecule has 2 amide bonds. The summed E-state index contributed by atoms with van der Waals surface area (Å²) >= 11 is 0. The van der Waals surface area contributed by atoms with Gasteiger partial charge in [-0.1, -0.05) is 0 Å². The van der Waals surface area contributed by atoms with Crippen molar-refractivity contribution in [3.63, 3.8) is 0 Å². The summed E-state index contributed by atoms with van der Waals surface area (Å²) in [6.07, 6.45) is 3.43. The summed E-state index contributed by atoms with van der Waals surface area (Å²) in [6, 6.07) is 3.09. The zero-order valence-electron chi connectivity index (χ0n) is 11.1. The molecule has 0 saturated carbocycles. The van der Waals surface area contributed by atoms with Crippen LogP contribution in [0.25, 0.3) is 0 Å². The molecular weight excluding hydrogens is 260 g/mol. The molecule has 7 nitrogen and oxygen atoms in total. The Kier molecular flexibility index (Phi) is 5.45. The molecule has 0 aromatic carbocycles. The van der Waals surface area contributed by atoms with Gasteiger partial charge >= 0.3 is 0 Å². The van der Waals surface area contributed by atoms with Gasteiger partial charge in [0.05, 0.1) is 13.2 Å². The maximum atomic E-state index is 11.7. The molecule has 1 aliphatic rings. The summed E-state index contributed by atoms with van der Waals surface area (Å²) in [5.41, 5.74) is 0.693. The van der Waals surface area contributed by atoms with E-state index in [9.17, 15) is 9.59 Å². The van der Waals surface area contributed by atoms with Crippen molar-refractivity contribution >= 4 is 17.5 Å². The summed E-state index contributed by atoms with van der Waals surface area (Å²) < 4.78 is 5.20. The number of pyridine rings is 1. The molecule has 2 rings (SSSR count). The molecule has 108 valence electrons. The third-order valence-electron chi connectivity index (χ3n) is 2.85. The predicted octanol–water partition coefficient (Wildman–Crippen LogP) is -0.485. The van der Waals surface area contributed by atoms with Crippen molar-refractivity contribution in [1.82, 2.24) is 15.6 Å². The number of anilines is 1. The molecule has 1 fully saturated rings. The Bertz CT molecular complexity index is 446. The van der Waals surface area contributed by atoms with Crippen LogP contribution in [-0.4, -0.2) is 49.1 Å². The number of nitrogens with zero attached hydrogens (tertiary/aromatic N) is 1. The van der Waals surface area contributed by atoms with E-state index in [2.05, 4.69) is 20.9 Å². The van der Waals surface area contributed by atoms with E-state index in [4.69, 9.17) is 4.74 Å². The van der Waals surface area contributed by atoms with Crippen molar-refractivity contribution in [2.45, 2.75) is 12.5 Å². The highest BCUT2D eigenvalue weighted by Gasteiger charge is 2.20. The lowest BCUT2D eigenvalue weighted by atomic mass is 10.2. The van der Waals surface area contributed by atoms with Gasteiger partial charge in [-0.25, -0.2) is 0 Å². The van der Waals surface area contributed by atoms with Crippen LogP contribution >= 0.6 is 0 Å². The normalized spacial score (nSPS) is 18.3. The average molecular weight is 278 g/mol. The highest BCUT2D eigenvalue weighted by atomic mass is 16.5. The van der Waals surface area contributed by atoms with E-state index in [-0.39, 0.29) is 24.3 Å². The van der Waals surface area contributed by atoms with Gasteiger partial charge in [0.1, 0.15) is 6.04 Å². The standard InChI is InChI=1S/C13H18N4O3/c18-12(17-10-1-4-14-5-2-10)3-6-16-13(19)11-9-20-8-7-15-11/h1-2,4-5,11,15H,3,6-9H2,(H,16,19)(H,14,17,18). The average Bonchev–Trinajstić information content (AvgIpc) is 2.49. The lowest BCUT2D eigenvalue weighted by molar-refractivity contribution is -0.126. The van der Waals surface area contributed by atoms with Crippen LogP contribution in [0.3, 0.4) is 0 Å². The highest BCUT2D eigenvalue weighted by Crippen LogP contribution is 2.03. The molecule has 2 heterocycles. The van der Waals surface area contributed by atoms with Crippen molar-refractivity contribution in [2.24, 2.45) is 0 Å². The Morgan fingerprint density at radius 1 is 1.40 bits per heavy atom. The number of hydrogen-bond donors (Lipinski definition) is 3. The van der Waals surface area contributed by atoms with Crippen LogP contribution in [-0.2, 0) is 14.3 Å². The first kappa shape index (κ1) is 14.4. The van der Waals surface area contributed by atoms with E-state index in [0.717, 1.165) is 0 Å². The maximum Gasteiger partial charge on any atom is 0.239 e. The second kappa shape index (κ2) is 7.56. The monoisotopic (exact) mass is 278 g/mol. The molecule has 1 saturated heterocycles. The number of morpholine rings is 1. The second-order valence-corrected chi connectivity index (χ2v) is 4.41. The minimum Gasteiger partial charge on any atom is -0.378 e. The van der Waals surface area contributed by atoms with E-state index in [0.29, 0.717) is 32.0 Å². The molecule has 20 heavy (non-hydrogen) atoms. The minimum absolute atomic E-state index is 0.138. The number of rotatable bonds is 5. The van der Waals surface area contributed by atoms with Gasteiger partial charge in [0.25, 0.3) is 0 Å². The van der Waals surface area contributed by atoms with Crippen molar-refractivity contribution in [2.75, 3.05) is 31.6 Å². The molecule has 3 N–H and O–H groups in total. The van der Waals surface area contributed by atoms with Gasteiger partial charge in [0.2, 0.25) is 11.8 Å². The topological polar surface area (TPSA) is 92.4 Å². The number of nitrogens with one attached hydrogen (secondary N) is 3. The largest absolute Gasteiger partial charge is 0.378 e. The number of amides is 2. The fourth-order valence-corrected chi connectivity index (χ4v) is 1.81. The SMILES string of the molecule is O=C(CCNC(=O)C1COCCN1)Nc1ccncc1. The Morgan fingerprint density at radius 3 is 2.90 bits per heavy atom. The van der Waals surface area contributed by atoms with Crippen molar-refractivity contribution in [3.8, 4) is 0 Å². The molecule has 0 aliphatic carbocycles. The molecule has 0 bridgehead atoms. The van der Waals surface area contributed by atoms with Gasteiger partial charge in [-0.3, -0.25) is 14.6 Å². The molecule has 0 spiro atoms. The molecule has 1 aromatic heterocycles. The number of aromatic nitrogens is 1. The molecule has 7 heteroatoms. The second-order valence-electron chi connectivity index (χ2n) is 4.41. The number of hydrogen-bond acceptors (Lipinski definition) is 5. The zero-order chi connectivity index (χ0) is 14.2. The smallest absolute Gasteiger partial charge is 0.239 e. The van der Waals surface area contributed by atoms with Crippen LogP contribution in [0.5, 0.6) is 0 Å². The van der Waals surface area contributed by atoms with Crippen LogP contribution in [0.2, 0.25) is 0 Å². The third kappa shape index (κ3) is 4.60. The number of carbonyl (C=O) groups excluding carboxylic acids is 2. The van der Waals surface area contributed by atoms with Gasteiger partial charge < -0.3 is 20.7 Å². The van der Waals surface area contributed by atoms with Crippen LogP contribution < -0.4 is 16.0 Å². The van der Waals surface area contributed by atoms with Crippen LogP contribution in [0.15, 0.2) is 24.5 Å². The van der Waals surface area contributed by atoms with E-state index >= 15 is 0 Å². The Morgan fingerprint density at radius 2 is 2.20 bits per heavy atom. The summed E-state index contributed by atoms with van der Waals surface area (Å²) in [4.78, 5) is 27.3. The molecular formula is C13H18N4O3. The van der Waals surface area contributed by atoms with Gasteiger partial charge in [-0.2, -0.15) is 0 Å². The van der Waals surface area contributed by atoms with E-state index in [1.807, 2.05) is 0 Å². The zero-order valence-corrected chi connectivity index (χ0v) is 11.1. The maximum absolute atomic E-state index is 11.7. The van der Waals surface area contributed by atoms with Crippen LogP contribution in [0, 0.1) is 0 Å². The van der Waals surface area contributed by atoms with Gasteiger partial charge in [-0.05, 0) is 12.1 Å². The van der Waals surface area contributed by atoms with Gasteiger partial charge in [0, 0.05) is 37.6 Å². The Labute approximate surface area is 117 Å². The molecule has 1 aromatic rings. The van der Waals surface area contributed by atoms with Crippen LogP contribution in [0.4, 0.5) is 5.69 Å². The lowest BCUT2D eigenvalue weighted by Crippen LogP contribution is -2.51. The fraction of sp³-hybridized carbons (Fsp3) is 0.462. The minimum atomic E-state index is -0.327.